The van der Waals surface area contributed by atoms with Crippen molar-refractivity contribution in [2.24, 2.45) is 7.05 Å². The summed E-state index contributed by atoms with van der Waals surface area (Å²) >= 11 is 1.16. The van der Waals surface area contributed by atoms with Crippen LogP contribution in [0.15, 0.2) is 53.7 Å². The Bertz CT molecular complexity index is 1060. The van der Waals surface area contributed by atoms with Gasteiger partial charge in [-0.25, -0.2) is 8.78 Å². The Morgan fingerprint density at radius 1 is 1.10 bits per heavy atom. The third kappa shape index (κ3) is 5.20. The average Bonchev–Trinajstić information content (AvgIpc) is 3.09. The lowest BCUT2D eigenvalue weighted by Crippen LogP contribution is -2.29. The maximum absolute atomic E-state index is 13.8. The Labute approximate surface area is 175 Å². The molecule has 1 heterocycles. The van der Waals surface area contributed by atoms with Crippen molar-refractivity contribution in [2.75, 3.05) is 11.1 Å². The van der Waals surface area contributed by atoms with Gasteiger partial charge in [0.2, 0.25) is 5.91 Å². The summed E-state index contributed by atoms with van der Waals surface area (Å²) in [5, 5.41) is 13.9. The molecule has 0 fully saturated rings. The number of carbonyl (C=O) groups is 2. The zero-order valence-electron chi connectivity index (χ0n) is 16.2. The number of halogens is 2. The van der Waals surface area contributed by atoms with Gasteiger partial charge in [0, 0.05) is 12.7 Å². The molecule has 7 nitrogen and oxygen atoms in total. The van der Waals surface area contributed by atoms with E-state index in [1.807, 2.05) is 0 Å². The molecule has 3 aromatic rings. The van der Waals surface area contributed by atoms with E-state index in [0.717, 1.165) is 11.8 Å². The van der Waals surface area contributed by atoms with Gasteiger partial charge in [0.15, 0.2) is 11.0 Å². The van der Waals surface area contributed by atoms with Gasteiger partial charge < -0.3 is 15.2 Å². The SMILES string of the molecule is CC(NC(=O)c1ccccc1F)c1nnc(SCC(=O)Nc2ccc(F)cc2)n1C. The van der Waals surface area contributed by atoms with Crippen molar-refractivity contribution < 1.29 is 18.4 Å². The number of hydrogen-bond acceptors (Lipinski definition) is 5. The van der Waals surface area contributed by atoms with Crippen LogP contribution in [0.4, 0.5) is 14.5 Å². The summed E-state index contributed by atoms with van der Waals surface area (Å²) in [6.45, 7) is 1.71. The number of thioether (sulfide) groups is 1. The van der Waals surface area contributed by atoms with Gasteiger partial charge in [-0.15, -0.1) is 10.2 Å². The molecule has 0 spiro atoms. The second-order valence-corrected chi connectivity index (χ2v) is 7.36. The highest BCUT2D eigenvalue weighted by atomic mass is 32.2. The normalized spacial score (nSPS) is 11.7. The number of nitrogens with zero attached hydrogens (tertiary/aromatic N) is 3. The molecule has 2 N–H and O–H groups in total. The molecule has 0 aliphatic carbocycles. The smallest absolute Gasteiger partial charge is 0.254 e. The first-order valence-corrected chi connectivity index (χ1v) is 9.96. The second kappa shape index (κ2) is 9.49. The van der Waals surface area contributed by atoms with Gasteiger partial charge in [-0.05, 0) is 43.3 Å². The van der Waals surface area contributed by atoms with E-state index in [4.69, 9.17) is 0 Å². The number of hydrogen-bond donors (Lipinski definition) is 2. The lowest BCUT2D eigenvalue weighted by atomic mass is 10.2. The molecule has 1 aromatic heterocycles. The van der Waals surface area contributed by atoms with Gasteiger partial charge in [0.05, 0.1) is 17.4 Å². The van der Waals surface area contributed by atoms with Crippen molar-refractivity contribution in [2.45, 2.75) is 18.1 Å². The predicted octanol–water partition coefficient (Wildman–Crippen LogP) is 3.32. The van der Waals surface area contributed by atoms with Crippen LogP contribution in [0.2, 0.25) is 0 Å². The number of amides is 2. The van der Waals surface area contributed by atoms with E-state index in [1.165, 1.54) is 42.5 Å². The van der Waals surface area contributed by atoms with E-state index >= 15 is 0 Å². The van der Waals surface area contributed by atoms with Crippen LogP contribution >= 0.6 is 11.8 Å². The molecule has 0 saturated heterocycles. The van der Waals surface area contributed by atoms with Crippen LogP contribution in [0.25, 0.3) is 0 Å². The molecule has 30 heavy (non-hydrogen) atoms. The van der Waals surface area contributed by atoms with Crippen LogP contribution in [0, 0.1) is 11.6 Å². The summed E-state index contributed by atoms with van der Waals surface area (Å²) < 4.78 is 28.4. The molecule has 0 bridgehead atoms. The van der Waals surface area contributed by atoms with Crippen LogP contribution in [-0.2, 0) is 11.8 Å². The fraction of sp³-hybridized carbons (Fsp3) is 0.200. The maximum Gasteiger partial charge on any atom is 0.254 e. The molecule has 10 heteroatoms. The first-order chi connectivity index (χ1) is 14.3. The Morgan fingerprint density at radius 2 is 1.80 bits per heavy atom. The van der Waals surface area contributed by atoms with Crippen LogP contribution in [-0.4, -0.2) is 32.3 Å². The topological polar surface area (TPSA) is 88.9 Å². The summed E-state index contributed by atoms with van der Waals surface area (Å²) in [4.78, 5) is 24.4. The average molecular weight is 431 g/mol. The highest BCUT2D eigenvalue weighted by Gasteiger charge is 2.20. The molecule has 1 atom stereocenters. The van der Waals surface area contributed by atoms with Crippen molar-refractivity contribution >= 4 is 29.3 Å². The molecule has 1 unspecified atom stereocenters. The van der Waals surface area contributed by atoms with Gasteiger partial charge in [0.1, 0.15) is 11.6 Å². The quantitative estimate of drug-likeness (QED) is 0.561. The van der Waals surface area contributed by atoms with E-state index in [-0.39, 0.29) is 23.0 Å². The zero-order valence-corrected chi connectivity index (χ0v) is 17.0. The fourth-order valence-corrected chi connectivity index (χ4v) is 3.39. The van der Waals surface area contributed by atoms with Gasteiger partial charge in [-0.1, -0.05) is 23.9 Å². The van der Waals surface area contributed by atoms with E-state index in [9.17, 15) is 18.4 Å². The third-order valence-electron chi connectivity index (χ3n) is 4.18. The van der Waals surface area contributed by atoms with Gasteiger partial charge >= 0.3 is 0 Å². The molecule has 156 valence electrons. The molecule has 3 rings (SSSR count). The highest BCUT2D eigenvalue weighted by Crippen LogP contribution is 2.20. The van der Waals surface area contributed by atoms with E-state index in [0.29, 0.717) is 16.7 Å². The first-order valence-electron chi connectivity index (χ1n) is 8.98. The van der Waals surface area contributed by atoms with Gasteiger partial charge in [0.25, 0.3) is 5.91 Å². The highest BCUT2D eigenvalue weighted by molar-refractivity contribution is 7.99. The number of carbonyl (C=O) groups excluding carboxylic acids is 2. The molecule has 2 amide bonds. The number of aromatic nitrogens is 3. The Balaban J connectivity index is 1.58. The number of nitrogens with one attached hydrogen (secondary N) is 2. The minimum absolute atomic E-state index is 0.0569. The van der Waals surface area contributed by atoms with Crippen molar-refractivity contribution in [1.82, 2.24) is 20.1 Å². The van der Waals surface area contributed by atoms with Gasteiger partial charge in [-0.2, -0.15) is 0 Å². The Kier molecular flexibility index (Phi) is 6.78. The summed E-state index contributed by atoms with van der Waals surface area (Å²) in [7, 11) is 1.71. The molecular weight excluding hydrogens is 412 g/mol. The van der Waals surface area contributed by atoms with Crippen LogP contribution in [0.1, 0.15) is 29.1 Å². The molecule has 0 saturated carbocycles. The largest absolute Gasteiger partial charge is 0.342 e. The number of rotatable bonds is 7. The minimum atomic E-state index is -0.608. The summed E-state index contributed by atoms with van der Waals surface area (Å²) in [5.74, 6) is -1.30. The van der Waals surface area contributed by atoms with E-state index < -0.39 is 17.8 Å². The summed E-state index contributed by atoms with van der Waals surface area (Å²) in [6, 6.07) is 10.6. The fourth-order valence-electron chi connectivity index (χ4n) is 2.67. The standard InChI is InChI=1S/C20H19F2N5O2S/c1-12(23-19(29)15-5-3-4-6-16(15)22)18-25-26-20(27(18)2)30-11-17(28)24-14-9-7-13(21)8-10-14/h3-10,12H,11H2,1-2H3,(H,23,29)(H,24,28). The van der Waals surface area contributed by atoms with Crippen LogP contribution < -0.4 is 10.6 Å². The molecule has 2 aromatic carbocycles. The van der Waals surface area contributed by atoms with Crippen molar-refractivity contribution in [3.05, 3.63) is 71.6 Å². The third-order valence-corrected chi connectivity index (χ3v) is 5.20. The molecular formula is C20H19F2N5O2S. The minimum Gasteiger partial charge on any atom is -0.342 e. The van der Waals surface area contributed by atoms with E-state index in [2.05, 4.69) is 20.8 Å². The predicted molar refractivity (Wildman–Crippen MR) is 109 cm³/mol. The van der Waals surface area contributed by atoms with Gasteiger partial charge in [-0.3, -0.25) is 9.59 Å². The summed E-state index contributed by atoms with van der Waals surface area (Å²) in [5.41, 5.74) is 0.434. The van der Waals surface area contributed by atoms with Crippen LogP contribution in [0.3, 0.4) is 0 Å². The number of benzene rings is 2. The lowest BCUT2D eigenvalue weighted by molar-refractivity contribution is -0.113. The summed E-state index contributed by atoms with van der Waals surface area (Å²) in [6.07, 6.45) is 0. The van der Waals surface area contributed by atoms with E-state index in [1.54, 1.807) is 24.6 Å². The molecule has 0 aliphatic heterocycles. The van der Waals surface area contributed by atoms with Crippen LogP contribution in [0.5, 0.6) is 0 Å². The first kappa shape index (κ1) is 21.4. The van der Waals surface area contributed by atoms with Crippen molar-refractivity contribution in [1.29, 1.82) is 0 Å². The second-order valence-electron chi connectivity index (χ2n) is 6.42. The molecule has 0 aliphatic rings. The van der Waals surface area contributed by atoms with Crippen molar-refractivity contribution in [3.63, 3.8) is 0 Å². The Morgan fingerprint density at radius 3 is 2.50 bits per heavy atom. The zero-order chi connectivity index (χ0) is 21.7. The van der Waals surface area contributed by atoms with Crippen molar-refractivity contribution in [3.8, 4) is 0 Å². The molecule has 0 radical (unpaired) electrons. The number of anilines is 1. The maximum atomic E-state index is 13.8. The lowest BCUT2D eigenvalue weighted by Gasteiger charge is -2.14. The Hall–Kier alpha value is -3.27. The monoisotopic (exact) mass is 431 g/mol.